The van der Waals surface area contributed by atoms with Crippen LogP contribution in [0.5, 0.6) is 0 Å². The van der Waals surface area contributed by atoms with E-state index in [1.165, 1.54) is 64.2 Å². The molecule has 0 radical (unpaired) electrons. The Kier molecular flexibility index (Phi) is 34.8. The molecule has 0 bridgehead atoms. The second-order valence-corrected chi connectivity index (χ2v) is 7.90. The third kappa shape index (κ3) is 27.9. The van der Waals surface area contributed by atoms with E-state index >= 15 is 0 Å². The highest BCUT2D eigenvalue weighted by atomic mass is 16.5. The molecule has 0 spiro atoms. The van der Waals surface area contributed by atoms with Crippen LogP contribution in [0, 0.1) is 0 Å². The summed E-state index contributed by atoms with van der Waals surface area (Å²) in [7, 11) is 5.38. The van der Waals surface area contributed by atoms with Gasteiger partial charge in [-0.15, -0.1) is 0 Å². The number of methoxy groups -OCH3 is 3. The third-order valence-corrected chi connectivity index (χ3v) is 5.58. The van der Waals surface area contributed by atoms with Crippen molar-refractivity contribution in [1.29, 1.82) is 0 Å². The molecule has 3 nitrogen and oxygen atoms in total. The van der Waals surface area contributed by atoms with E-state index in [2.05, 4.69) is 41.5 Å². The molecule has 0 aromatic heterocycles. The first-order chi connectivity index (χ1) is 14.0. The minimum atomic E-state index is 0.486. The largest absolute Gasteiger partial charge is 0.381 e. The molecular formula is C26H58O3. The molecule has 0 saturated heterocycles. The maximum absolute atomic E-state index is 5.33. The lowest BCUT2D eigenvalue weighted by molar-refractivity contribution is 0.0897. The van der Waals surface area contributed by atoms with Gasteiger partial charge in [-0.1, -0.05) is 92.9 Å². The van der Waals surface area contributed by atoms with Gasteiger partial charge in [-0.3, -0.25) is 0 Å². The lowest BCUT2D eigenvalue weighted by atomic mass is 10.1. The molecular weight excluding hydrogens is 360 g/mol. The Balaban J connectivity index is -0.000000370. The van der Waals surface area contributed by atoms with E-state index in [4.69, 9.17) is 14.2 Å². The topological polar surface area (TPSA) is 27.7 Å². The monoisotopic (exact) mass is 418 g/mol. The fourth-order valence-corrected chi connectivity index (χ4v) is 3.18. The molecule has 0 rings (SSSR count). The van der Waals surface area contributed by atoms with E-state index in [0.717, 1.165) is 25.7 Å². The highest BCUT2D eigenvalue weighted by Gasteiger charge is 2.02. The van der Waals surface area contributed by atoms with Crippen LogP contribution < -0.4 is 0 Å². The molecule has 0 amide bonds. The molecule has 0 fully saturated rings. The fraction of sp³-hybridized carbons (Fsp3) is 1.00. The number of hydrogen-bond donors (Lipinski definition) is 0. The summed E-state index contributed by atoms with van der Waals surface area (Å²) >= 11 is 0. The second kappa shape index (κ2) is 30.1. The number of rotatable bonds is 17. The first kappa shape index (κ1) is 33.5. The van der Waals surface area contributed by atoms with Crippen LogP contribution in [0.3, 0.4) is 0 Å². The van der Waals surface area contributed by atoms with Crippen molar-refractivity contribution >= 4 is 0 Å². The maximum Gasteiger partial charge on any atom is 0.0568 e. The van der Waals surface area contributed by atoms with Crippen LogP contribution in [-0.2, 0) is 14.2 Å². The van der Waals surface area contributed by atoms with Crippen LogP contribution in [0.2, 0.25) is 0 Å². The molecule has 180 valence electrons. The molecule has 0 aliphatic heterocycles. The summed E-state index contributed by atoms with van der Waals surface area (Å²) < 4.78 is 15.6. The summed E-state index contributed by atoms with van der Waals surface area (Å²) in [5.74, 6) is 0. The van der Waals surface area contributed by atoms with Crippen molar-refractivity contribution in [2.45, 2.75) is 150 Å². The molecule has 0 aromatic carbocycles. The van der Waals surface area contributed by atoms with Crippen molar-refractivity contribution in [3.8, 4) is 0 Å². The van der Waals surface area contributed by atoms with Crippen molar-refractivity contribution in [3.05, 3.63) is 0 Å². The van der Waals surface area contributed by atoms with Crippen LogP contribution in [0.25, 0.3) is 0 Å². The first-order valence-electron chi connectivity index (χ1n) is 12.6. The Bertz CT molecular complexity index is 241. The van der Waals surface area contributed by atoms with Crippen molar-refractivity contribution in [3.63, 3.8) is 0 Å². The van der Waals surface area contributed by atoms with E-state index in [1.807, 2.05) is 7.11 Å². The van der Waals surface area contributed by atoms with Crippen molar-refractivity contribution in [1.82, 2.24) is 0 Å². The van der Waals surface area contributed by atoms with Gasteiger partial charge in [0.2, 0.25) is 0 Å². The molecule has 0 aliphatic rings. The van der Waals surface area contributed by atoms with Crippen LogP contribution in [-0.4, -0.2) is 39.6 Å². The Morgan fingerprint density at radius 3 is 1.07 bits per heavy atom. The van der Waals surface area contributed by atoms with Gasteiger partial charge in [0.25, 0.3) is 0 Å². The molecule has 2 atom stereocenters. The van der Waals surface area contributed by atoms with Crippen LogP contribution in [0.1, 0.15) is 131 Å². The van der Waals surface area contributed by atoms with E-state index < -0.39 is 0 Å². The molecule has 0 heterocycles. The van der Waals surface area contributed by atoms with E-state index in [1.54, 1.807) is 14.2 Å². The van der Waals surface area contributed by atoms with Gasteiger partial charge in [-0.2, -0.15) is 0 Å². The minimum Gasteiger partial charge on any atom is -0.381 e. The third-order valence-electron chi connectivity index (χ3n) is 5.58. The van der Waals surface area contributed by atoms with Gasteiger partial charge in [0, 0.05) is 21.3 Å². The second-order valence-electron chi connectivity index (χ2n) is 7.90. The quantitative estimate of drug-likeness (QED) is 0.221. The number of ether oxygens (including phenoxy) is 3. The molecule has 0 aliphatic carbocycles. The van der Waals surface area contributed by atoms with Gasteiger partial charge in [0.05, 0.1) is 18.3 Å². The normalized spacial score (nSPS) is 12.6. The summed E-state index contributed by atoms with van der Waals surface area (Å²) in [6.07, 6.45) is 19.4. The van der Waals surface area contributed by atoms with Crippen molar-refractivity contribution < 1.29 is 14.2 Å². The Labute approximate surface area is 185 Å². The predicted molar refractivity (Wildman–Crippen MR) is 131 cm³/mol. The van der Waals surface area contributed by atoms with Gasteiger partial charge in [-0.25, -0.2) is 0 Å². The van der Waals surface area contributed by atoms with Gasteiger partial charge < -0.3 is 14.2 Å². The molecule has 0 saturated carbocycles. The zero-order valence-electron chi connectivity index (χ0n) is 21.9. The molecule has 0 aromatic rings. The van der Waals surface area contributed by atoms with E-state index in [-0.39, 0.29) is 0 Å². The minimum absolute atomic E-state index is 0.486. The fourth-order valence-electron chi connectivity index (χ4n) is 3.18. The molecule has 3 heteroatoms. The Hall–Kier alpha value is -0.120. The lowest BCUT2D eigenvalue weighted by Gasteiger charge is -2.11. The maximum atomic E-state index is 5.33. The van der Waals surface area contributed by atoms with Crippen LogP contribution in [0.15, 0.2) is 0 Å². The summed E-state index contributed by atoms with van der Waals surface area (Å²) in [5, 5.41) is 0. The van der Waals surface area contributed by atoms with Crippen LogP contribution in [0.4, 0.5) is 0 Å². The molecule has 2 unspecified atom stereocenters. The molecule has 0 N–H and O–H groups in total. The first-order valence-corrected chi connectivity index (χ1v) is 12.6. The van der Waals surface area contributed by atoms with Gasteiger partial charge in [-0.05, 0) is 38.5 Å². The van der Waals surface area contributed by atoms with Crippen LogP contribution >= 0.6 is 0 Å². The van der Waals surface area contributed by atoms with E-state index in [9.17, 15) is 0 Å². The highest BCUT2D eigenvalue weighted by molar-refractivity contribution is 4.55. The number of hydrogen-bond acceptors (Lipinski definition) is 3. The average Bonchev–Trinajstić information content (AvgIpc) is 2.76. The smallest absolute Gasteiger partial charge is 0.0568 e. The Morgan fingerprint density at radius 1 is 0.414 bits per heavy atom. The lowest BCUT2D eigenvalue weighted by Crippen LogP contribution is -2.08. The predicted octanol–water partition coefficient (Wildman–Crippen LogP) is 8.59. The van der Waals surface area contributed by atoms with Gasteiger partial charge >= 0.3 is 0 Å². The van der Waals surface area contributed by atoms with Gasteiger partial charge in [0.1, 0.15) is 0 Å². The SMILES string of the molecule is CCC(CC)OC.CCCCC(CC)OC.CCCCCCCCC(CC)OC. The standard InChI is InChI=1S/C12H26O.C8H18O.C6H14O/c1-4-6-7-8-9-10-11-12(5-2)13-3;1-4-6-7-8(5-2)9-3;1-4-6(5-2)7-3/h12H,4-11H2,1-3H3;8H,4-7H2,1-3H3;6H,4-5H2,1-3H3. The average molecular weight is 419 g/mol. The van der Waals surface area contributed by atoms with Crippen molar-refractivity contribution in [2.75, 3.05) is 21.3 Å². The number of unbranched alkanes of at least 4 members (excludes halogenated alkanes) is 6. The van der Waals surface area contributed by atoms with E-state index in [0.29, 0.717) is 18.3 Å². The summed E-state index contributed by atoms with van der Waals surface area (Å²) in [6.45, 7) is 13.1. The summed E-state index contributed by atoms with van der Waals surface area (Å²) in [4.78, 5) is 0. The zero-order valence-corrected chi connectivity index (χ0v) is 21.9. The highest BCUT2D eigenvalue weighted by Crippen LogP contribution is 2.11. The summed E-state index contributed by atoms with van der Waals surface area (Å²) in [5.41, 5.74) is 0. The van der Waals surface area contributed by atoms with Gasteiger partial charge in [0.15, 0.2) is 0 Å². The van der Waals surface area contributed by atoms with Crippen molar-refractivity contribution in [2.24, 2.45) is 0 Å². The Morgan fingerprint density at radius 2 is 0.759 bits per heavy atom. The summed E-state index contributed by atoms with van der Waals surface area (Å²) in [6, 6.07) is 0. The molecule has 29 heavy (non-hydrogen) atoms. The zero-order chi connectivity index (χ0) is 22.8.